The highest BCUT2D eigenvalue weighted by atomic mass is 31.2. The minimum atomic E-state index is -2.95. The fourth-order valence-corrected chi connectivity index (χ4v) is 4.92. The van der Waals surface area contributed by atoms with Gasteiger partial charge in [-0.1, -0.05) is 30.3 Å². The van der Waals surface area contributed by atoms with Crippen molar-refractivity contribution in [2.75, 3.05) is 25.9 Å². The van der Waals surface area contributed by atoms with Crippen LogP contribution >= 0.6 is 7.60 Å². The van der Waals surface area contributed by atoms with Crippen LogP contribution in [0.4, 0.5) is 0 Å². The Bertz CT molecular complexity index is 456. The van der Waals surface area contributed by atoms with E-state index in [4.69, 9.17) is 9.05 Å². The molecule has 21 heavy (non-hydrogen) atoms. The van der Waals surface area contributed by atoms with Gasteiger partial charge in [0, 0.05) is 12.6 Å². The maximum Gasteiger partial charge on any atom is 0.332 e. The normalized spacial score (nSPS) is 20.0. The molecule has 0 bridgehead atoms. The van der Waals surface area contributed by atoms with E-state index >= 15 is 0 Å². The van der Waals surface area contributed by atoms with E-state index in [-0.39, 0.29) is 6.04 Å². The minimum absolute atomic E-state index is 0.286. The third kappa shape index (κ3) is 4.93. The third-order valence-electron chi connectivity index (χ3n) is 3.81. The Morgan fingerprint density at radius 2 is 1.86 bits per heavy atom. The lowest BCUT2D eigenvalue weighted by atomic mass is 10.2. The summed E-state index contributed by atoms with van der Waals surface area (Å²) in [5.74, 6) is 0. The van der Waals surface area contributed by atoms with Crippen molar-refractivity contribution in [2.24, 2.45) is 0 Å². The number of likely N-dealkylation sites (tertiary alicyclic amines) is 1. The fraction of sp³-hybridized carbons (Fsp3) is 0.625. The van der Waals surface area contributed by atoms with Crippen LogP contribution < -0.4 is 0 Å². The van der Waals surface area contributed by atoms with Crippen LogP contribution in [0.5, 0.6) is 0 Å². The molecule has 0 aromatic heterocycles. The molecule has 1 aromatic rings. The average molecular weight is 311 g/mol. The summed E-state index contributed by atoms with van der Waals surface area (Å²) in [6, 6.07) is 10.7. The van der Waals surface area contributed by atoms with E-state index in [1.54, 1.807) is 0 Å². The van der Waals surface area contributed by atoms with Crippen molar-refractivity contribution >= 4 is 7.60 Å². The highest BCUT2D eigenvalue weighted by Crippen LogP contribution is 2.50. The van der Waals surface area contributed by atoms with Gasteiger partial charge in [-0.05, 0) is 38.8 Å². The van der Waals surface area contributed by atoms with Gasteiger partial charge in [0.25, 0.3) is 0 Å². The zero-order chi connectivity index (χ0) is 15.1. The molecule has 0 N–H and O–H groups in total. The van der Waals surface area contributed by atoms with Gasteiger partial charge >= 0.3 is 7.60 Å². The molecule has 5 heteroatoms. The van der Waals surface area contributed by atoms with Crippen molar-refractivity contribution in [1.82, 2.24) is 4.90 Å². The molecule has 1 heterocycles. The van der Waals surface area contributed by atoms with E-state index < -0.39 is 7.60 Å². The molecule has 0 aliphatic carbocycles. The van der Waals surface area contributed by atoms with Crippen LogP contribution in [0.2, 0.25) is 0 Å². The summed E-state index contributed by atoms with van der Waals surface area (Å²) in [5.41, 5.74) is 1.30. The van der Waals surface area contributed by atoms with E-state index in [1.165, 1.54) is 5.56 Å². The van der Waals surface area contributed by atoms with Gasteiger partial charge in [0.15, 0.2) is 0 Å². The fourth-order valence-electron chi connectivity index (χ4n) is 2.92. The van der Waals surface area contributed by atoms with Crippen LogP contribution in [0.1, 0.15) is 32.3 Å². The van der Waals surface area contributed by atoms with Gasteiger partial charge in [0.05, 0.1) is 19.4 Å². The lowest BCUT2D eigenvalue weighted by Gasteiger charge is -2.27. The van der Waals surface area contributed by atoms with Crippen LogP contribution in [0, 0.1) is 0 Å². The smallest absolute Gasteiger partial charge is 0.309 e. The summed E-state index contributed by atoms with van der Waals surface area (Å²) in [5, 5.41) is 0. The highest BCUT2D eigenvalue weighted by Gasteiger charge is 2.34. The van der Waals surface area contributed by atoms with Crippen molar-refractivity contribution in [2.45, 2.75) is 39.3 Å². The Labute approximate surface area is 128 Å². The summed E-state index contributed by atoms with van der Waals surface area (Å²) >= 11 is 0. The molecular formula is C16H26NO3P. The molecule has 1 aliphatic heterocycles. The van der Waals surface area contributed by atoms with Gasteiger partial charge in [-0.3, -0.25) is 9.46 Å². The van der Waals surface area contributed by atoms with Gasteiger partial charge in [-0.2, -0.15) is 0 Å². The van der Waals surface area contributed by atoms with Crippen molar-refractivity contribution < 1.29 is 13.6 Å². The lowest BCUT2D eigenvalue weighted by Crippen LogP contribution is -2.32. The van der Waals surface area contributed by atoms with Crippen molar-refractivity contribution in [3.8, 4) is 0 Å². The Balaban J connectivity index is 1.99. The van der Waals surface area contributed by atoms with Crippen LogP contribution in [0.15, 0.2) is 30.3 Å². The number of nitrogens with zero attached hydrogens (tertiary/aromatic N) is 1. The van der Waals surface area contributed by atoms with E-state index in [2.05, 4.69) is 29.2 Å². The summed E-state index contributed by atoms with van der Waals surface area (Å²) in [6.45, 7) is 6.55. The molecule has 0 saturated carbocycles. The largest absolute Gasteiger partial charge is 0.332 e. The molecule has 0 amide bonds. The lowest BCUT2D eigenvalue weighted by molar-refractivity contribution is 0.201. The Hall–Kier alpha value is -0.670. The second-order valence-electron chi connectivity index (χ2n) is 5.38. The molecule has 1 aromatic carbocycles. The molecule has 1 fully saturated rings. The van der Waals surface area contributed by atoms with Crippen molar-refractivity contribution in [1.29, 1.82) is 0 Å². The van der Waals surface area contributed by atoms with Gasteiger partial charge in [0.2, 0.25) is 0 Å². The summed E-state index contributed by atoms with van der Waals surface area (Å²) in [6.07, 6.45) is 2.72. The monoisotopic (exact) mass is 311 g/mol. The van der Waals surface area contributed by atoms with Crippen LogP contribution in [0.25, 0.3) is 0 Å². The number of benzene rings is 1. The van der Waals surface area contributed by atoms with E-state index in [9.17, 15) is 4.57 Å². The van der Waals surface area contributed by atoms with Crippen LogP contribution in [0.3, 0.4) is 0 Å². The minimum Gasteiger partial charge on any atom is -0.309 e. The van der Waals surface area contributed by atoms with Gasteiger partial charge in [-0.15, -0.1) is 0 Å². The van der Waals surface area contributed by atoms with Gasteiger partial charge < -0.3 is 9.05 Å². The first-order chi connectivity index (χ1) is 10.2. The Kier molecular flexibility index (Phi) is 6.43. The van der Waals surface area contributed by atoms with E-state index in [0.29, 0.717) is 19.4 Å². The first-order valence-corrected chi connectivity index (χ1v) is 9.55. The van der Waals surface area contributed by atoms with E-state index in [0.717, 1.165) is 25.9 Å². The molecule has 0 spiro atoms. The predicted molar refractivity (Wildman–Crippen MR) is 85.6 cm³/mol. The molecule has 1 atom stereocenters. The number of rotatable bonds is 8. The Morgan fingerprint density at radius 1 is 1.19 bits per heavy atom. The quantitative estimate of drug-likeness (QED) is 0.682. The zero-order valence-corrected chi connectivity index (χ0v) is 13.9. The topological polar surface area (TPSA) is 38.8 Å². The first kappa shape index (κ1) is 16.7. The summed E-state index contributed by atoms with van der Waals surface area (Å²) < 4.78 is 23.6. The molecular weight excluding hydrogens is 285 g/mol. The zero-order valence-electron chi connectivity index (χ0n) is 13.0. The molecule has 1 aliphatic rings. The predicted octanol–water partition coefficient (Wildman–Crippen LogP) is 3.92. The van der Waals surface area contributed by atoms with Crippen molar-refractivity contribution in [3.63, 3.8) is 0 Å². The average Bonchev–Trinajstić information content (AvgIpc) is 2.87. The molecule has 1 saturated heterocycles. The second kappa shape index (κ2) is 8.09. The summed E-state index contributed by atoms with van der Waals surface area (Å²) in [7, 11) is -2.95. The molecule has 4 nitrogen and oxygen atoms in total. The van der Waals surface area contributed by atoms with Crippen LogP contribution in [-0.4, -0.2) is 36.9 Å². The first-order valence-electron chi connectivity index (χ1n) is 7.83. The molecule has 1 unspecified atom stereocenters. The van der Waals surface area contributed by atoms with Crippen LogP contribution in [-0.2, 0) is 20.2 Å². The summed E-state index contributed by atoms with van der Waals surface area (Å²) in [4.78, 5) is 2.40. The second-order valence-corrected chi connectivity index (χ2v) is 7.48. The van der Waals surface area contributed by atoms with Gasteiger partial charge in [0.1, 0.15) is 0 Å². The molecule has 118 valence electrons. The number of hydrogen-bond donors (Lipinski definition) is 0. The standard InChI is InChI=1S/C16H26NO3P/c1-3-19-21(18,20-4-2)14-16-11-8-12-17(16)13-15-9-6-5-7-10-15/h5-7,9-10,16H,3-4,8,11-14H2,1-2H3. The van der Waals surface area contributed by atoms with Crippen molar-refractivity contribution in [3.05, 3.63) is 35.9 Å². The Morgan fingerprint density at radius 3 is 2.48 bits per heavy atom. The number of hydrogen-bond acceptors (Lipinski definition) is 4. The molecule has 0 radical (unpaired) electrons. The van der Waals surface area contributed by atoms with E-state index in [1.807, 2.05) is 19.9 Å². The SMILES string of the molecule is CCOP(=O)(CC1CCCN1Cc1ccccc1)OCC. The third-order valence-corrected chi connectivity index (χ3v) is 5.99. The maximum atomic E-state index is 12.7. The maximum absolute atomic E-state index is 12.7. The highest BCUT2D eigenvalue weighted by molar-refractivity contribution is 7.53. The molecule has 2 rings (SSSR count). The van der Waals surface area contributed by atoms with Gasteiger partial charge in [-0.25, -0.2) is 0 Å².